The minimum Gasteiger partial charge on any atom is -0.380 e. The largest absolute Gasteiger partial charge is 0.380 e. The fourth-order valence-electron chi connectivity index (χ4n) is 2.45. The Morgan fingerprint density at radius 3 is 3.00 bits per heavy atom. The van der Waals surface area contributed by atoms with Gasteiger partial charge in [0.2, 0.25) is 0 Å². The van der Waals surface area contributed by atoms with Gasteiger partial charge in [0.1, 0.15) is 0 Å². The number of hydrogen-bond acceptors (Lipinski definition) is 3. The van der Waals surface area contributed by atoms with E-state index in [4.69, 9.17) is 4.74 Å². The third-order valence-corrected chi connectivity index (χ3v) is 4.54. The highest BCUT2D eigenvalue weighted by Crippen LogP contribution is 2.41. The Kier molecular flexibility index (Phi) is 5.54. The zero-order valence-electron chi connectivity index (χ0n) is 11.3. The molecule has 0 aliphatic carbocycles. The van der Waals surface area contributed by atoms with Crippen LogP contribution in [-0.4, -0.2) is 31.6 Å². The molecule has 3 heteroatoms. The first-order valence-electron chi connectivity index (χ1n) is 6.89. The quantitative estimate of drug-likeness (QED) is 0.765. The van der Waals surface area contributed by atoms with E-state index < -0.39 is 0 Å². The Morgan fingerprint density at radius 1 is 1.39 bits per heavy atom. The predicted octanol–water partition coefficient (Wildman–Crippen LogP) is 3.28. The molecule has 18 heavy (non-hydrogen) atoms. The van der Waals surface area contributed by atoms with Crippen LogP contribution in [0, 0.1) is 0 Å². The van der Waals surface area contributed by atoms with Crippen LogP contribution in [0.3, 0.4) is 0 Å². The summed E-state index contributed by atoms with van der Waals surface area (Å²) in [5, 5.41) is 3.59. The fraction of sp³-hybridized carbons (Fsp3) is 0.600. The molecular formula is C15H23NOS. The van der Waals surface area contributed by atoms with Crippen molar-refractivity contribution in [3.8, 4) is 0 Å². The Labute approximate surface area is 114 Å². The first-order chi connectivity index (χ1) is 8.86. The topological polar surface area (TPSA) is 21.3 Å². The van der Waals surface area contributed by atoms with E-state index in [1.54, 1.807) is 0 Å². The molecule has 0 saturated carbocycles. The molecule has 1 aliphatic rings. The SMILES string of the molecule is CCCOCC(NCC)C1CSc2ccccc21. The van der Waals surface area contributed by atoms with Crippen molar-refractivity contribution < 1.29 is 4.74 Å². The standard InChI is InChI=1S/C15H23NOS/c1-3-9-17-10-14(16-4-2)13-11-18-15-8-6-5-7-12(13)15/h5-8,13-14,16H,3-4,9-11H2,1-2H3. The molecule has 0 saturated heterocycles. The number of likely N-dealkylation sites (N-methyl/N-ethyl adjacent to an activating group) is 1. The lowest BCUT2D eigenvalue weighted by molar-refractivity contribution is 0.106. The van der Waals surface area contributed by atoms with Crippen LogP contribution in [0.2, 0.25) is 0 Å². The third kappa shape index (κ3) is 3.28. The molecule has 2 unspecified atom stereocenters. The fourth-order valence-corrected chi connectivity index (χ4v) is 3.79. The summed E-state index contributed by atoms with van der Waals surface area (Å²) >= 11 is 1.97. The molecule has 0 fully saturated rings. The number of fused-ring (bicyclic) bond motifs is 1. The maximum absolute atomic E-state index is 5.75. The van der Waals surface area contributed by atoms with E-state index in [0.29, 0.717) is 12.0 Å². The average Bonchev–Trinajstić information content (AvgIpc) is 2.82. The maximum Gasteiger partial charge on any atom is 0.0625 e. The molecule has 0 aromatic heterocycles. The van der Waals surface area contributed by atoms with Gasteiger partial charge in [-0.05, 0) is 24.6 Å². The molecule has 1 heterocycles. The van der Waals surface area contributed by atoms with Crippen molar-refractivity contribution >= 4 is 11.8 Å². The third-order valence-electron chi connectivity index (χ3n) is 3.33. The van der Waals surface area contributed by atoms with E-state index in [2.05, 4.69) is 43.4 Å². The van der Waals surface area contributed by atoms with Gasteiger partial charge in [0.25, 0.3) is 0 Å². The number of rotatable bonds is 7. The molecule has 0 bridgehead atoms. The van der Waals surface area contributed by atoms with Crippen molar-refractivity contribution in [2.75, 3.05) is 25.5 Å². The van der Waals surface area contributed by atoms with Gasteiger partial charge >= 0.3 is 0 Å². The first kappa shape index (κ1) is 13.9. The molecule has 1 aromatic carbocycles. The van der Waals surface area contributed by atoms with Crippen LogP contribution in [0.25, 0.3) is 0 Å². The molecule has 1 N–H and O–H groups in total. The number of ether oxygens (including phenoxy) is 1. The van der Waals surface area contributed by atoms with Crippen LogP contribution >= 0.6 is 11.8 Å². The van der Waals surface area contributed by atoms with E-state index in [0.717, 1.165) is 26.2 Å². The van der Waals surface area contributed by atoms with Crippen molar-refractivity contribution in [2.45, 2.75) is 37.1 Å². The molecule has 2 rings (SSSR count). The van der Waals surface area contributed by atoms with E-state index in [-0.39, 0.29) is 0 Å². The smallest absolute Gasteiger partial charge is 0.0625 e. The van der Waals surface area contributed by atoms with Gasteiger partial charge in [0.15, 0.2) is 0 Å². The van der Waals surface area contributed by atoms with Gasteiger partial charge in [-0.25, -0.2) is 0 Å². The lowest BCUT2D eigenvalue weighted by Gasteiger charge is -2.24. The number of thioether (sulfide) groups is 1. The summed E-state index contributed by atoms with van der Waals surface area (Å²) in [5.41, 5.74) is 1.49. The predicted molar refractivity (Wildman–Crippen MR) is 78.5 cm³/mol. The summed E-state index contributed by atoms with van der Waals surface area (Å²) in [6.07, 6.45) is 1.09. The highest BCUT2D eigenvalue weighted by molar-refractivity contribution is 7.99. The van der Waals surface area contributed by atoms with E-state index >= 15 is 0 Å². The molecule has 1 aromatic rings. The lowest BCUT2D eigenvalue weighted by Crippen LogP contribution is -2.39. The number of benzene rings is 1. The van der Waals surface area contributed by atoms with Gasteiger partial charge in [-0.2, -0.15) is 0 Å². The Hall–Kier alpha value is -0.510. The first-order valence-corrected chi connectivity index (χ1v) is 7.88. The summed E-state index contributed by atoms with van der Waals surface area (Å²) in [6.45, 7) is 7.01. The van der Waals surface area contributed by atoms with E-state index in [1.807, 2.05) is 11.8 Å². The van der Waals surface area contributed by atoms with Gasteiger partial charge < -0.3 is 10.1 Å². The average molecular weight is 265 g/mol. The highest BCUT2D eigenvalue weighted by Gasteiger charge is 2.29. The second-order valence-electron chi connectivity index (χ2n) is 4.69. The van der Waals surface area contributed by atoms with E-state index in [1.165, 1.54) is 16.2 Å². The summed E-state index contributed by atoms with van der Waals surface area (Å²) in [5.74, 6) is 1.76. The zero-order chi connectivity index (χ0) is 12.8. The molecule has 0 spiro atoms. The molecule has 1 aliphatic heterocycles. The van der Waals surface area contributed by atoms with Gasteiger partial charge in [-0.3, -0.25) is 0 Å². The van der Waals surface area contributed by atoms with Crippen molar-refractivity contribution in [3.05, 3.63) is 29.8 Å². The molecule has 2 nitrogen and oxygen atoms in total. The maximum atomic E-state index is 5.75. The summed E-state index contributed by atoms with van der Waals surface area (Å²) < 4.78 is 5.75. The van der Waals surface area contributed by atoms with Crippen LogP contribution in [-0.2, 0) is 4.74 Å². The number of hydrogen-bond donors (Lipinski definition) is 1. The van der Waals surface area contributed by atoms with Crippen molar-refractivity contribution in [1.82, 2.24) is 5.32 Å². The molecular weight excluding hydrogens is 242 g/mol. The summed E-state index contributed by atoms with van der Waals surface area (Å²) in [7, 11) is 0. The van der Waals surface area contributed by atoms with Gasteiger partial charge in [-0.15, -0.1) is 11.8 Å². The monoisotopic (exact) mass is 265 g/mol. The van der Waals surface area contributed by atoms with Crippen molar-refractivity contribution in [1.29, 1.82) is 0 Å². The minimum atomic E-state index is 0.442. The summed E-state index contributed by atoms with van der Waals surface area (Å²) in [4.78, 5) is 1.45. The van der Waals surface area contributed by atoms with Crippen molar-refractivity contribution in [3.63, 3.8) is 0 Å². The Bertz CT molecular complexity index is 369. The minimum absolute atomic E-state index is 0.442. The zero-order valence-corrected chi connectivity index (χ0v) is 12.1. The molecule has 2 atom stereocenters. The summed E-state index contributed by atoms with van der Waals surface area (Å²) in [6, 6.07) is 9.22. The van der Waals surface area contributed by atoms with Crippen LogP contribution in [0.1, 0.15) is 31.7 Å². The second-order valence-corrected chi connectivity index (χ2v) is 5.76. The second kappa shape index (κ2) is 7.17. The van der Waals surface area contributed by atoms with Crippen LogP contribution in [0.5, 0.6) is 0 Å². The van der Waals surface area contributed by atoms with Crippen LogP contribution in [0.15, 0.2) is 29.2 Å². The van der Waals surface area contributed by atoms with Gasteiger partial charge in [-0.1, -0.05) is 32.0 Å². The Morgan fingerprint density at radius 2 is 2.22 bits per heavy atom. The van der Waals surface area contributed by atoms with Gasteiger partial charge in [0, 0.05) is 29.2 Å². The van der Waals surface area contributed by atoms with E-state index in [9.17, 15) is 0 Å². The van der Waals surface area contributed by atoms with Crippen LogP contribution in [0.4, 0.5) is 0 Å². The normalized spacial score (nSPS) is 19.8. The highest BCUT2D eigenvalue weighted by atomic mass is 32.2. The van der Waals surface area contributed by atoms with Gasteiger partial charge in [0.05, 0.1) is 6.61 Å². The molecule has 0 radical (unpaired) electrons. The molecule has 100 valence electrons. The lowest BCUT2D eigenvalue weighted by atomic mass is 9.94. The number of nitrogens with one attached hydrogen (secondary N) is 1. The van der Waals surface area contributed by atoms with Crippen molar-refractivity contribution in [2.24, 2.45) is 0 Å². The molecule has 0 amide bonds. The Balaban J connectivity index is 2.03. The van der Waals surface area contributed by atoms with Crippen LogP contribution < -0.4 is 5.32 Å².